The summed E-state index contributed by atoms with van der Waals surface area (Å²) in [5.74, 6) is -2.39. The Morgan fingerprint density at radius 3 is 2.59 bits per heavy atom. The molecule has 3 rings (SSSR count). The Balaban J connectivity index is 1.67. The Hall–Kier alpha value is -3.07. The van der Waals surface area contributed by atoms with E-state index in [1.54, 1.807) is 4.57 Å². The second kappa shape index (κ2) is 10.0. The number of imidazole rings is 1. The SMILES string of the molecule is CO[C@@H](CCn1cnc2c(CNC(=O)c3cc(F)cc(F)c3)ncnc21)COS(N)(=O)=O. The third-order valence-corrected chi connectivity index (χ3v) is 4.93. The van der Waals surface area contributed by atoms with Gasteiger partial charge in [-0.1, -0.05) is 0 Å². The molecule has 1 atom stereocenters. The highest BCUT2D eigenvalue weighted by atomic mass is 32.2. The number of rotatable bonds is 10. The first-order chi connectivity index (χ1) is 15.2. The molecule has 0 spiro atoms. The van der Waals surface area contributed by atoms with Gasteiger partial charge in [0.25, 0.3) is 5.91 Å². The maximum absolute atomic E-state index is 13.3. The summed E-state index contributed by atoms with van der Waals surface area (Å²) in [5, 5.41) is 7.36. The van der Waals surface area contributed by atoms with Crippen molar-refractivity contribution in [1.29, 1.82) is 0 Å². The van der Waals surface area contributed by atoms with Crippen molar-refractivity contribution in [2.45, 2.75) is 25.6 Å². The van der Waals surface area contributed by atoms with E-state index in [1.165, 1.54) is 19.8 Å². The summed E-state index contributed by atoms with van der Waals surface area (Å²) in [5.41, 5.74) is 1.14. The minimum Gasteiger partial charge on any atom is -0.379 e. The lowest BCUT2D eigenvalue weighted by molar-refractivity contribution is 0.0512. The van der Waals surface area contributed by atoms with E-state index in [0.29, 0.717) is 35.9 Å². The molecule has 0 fully saturated rings. The number of methoxy groups -OCH3 is 1. The standard InChI is InChI=1S/C18H20F2N6O5S/c1-30-14(8-31-32(21,28)29)2-3-26-10-25-16-15(23-9-24-17(16)26)7-22-18(27)11-4-12(19)6-13(20)5-11/h4-6,9-10,14H,2-3,7-8H2,1H3,(H,22,27)(H2,21,28,29)/t14-/m0/s1. The molecular weight excluding hydrogens is 450 g/mol. The molecular formula is C18H20F2N6O5S. The molecule has 0 bridgehead atoms. The van der Waals surface area contributed by atoms with E-state index in [-0.39, 0.29) is 18.7 Å². The fourth-order valence-corrected chi connectivity index (χ4v) is 3.24. The number of amides is 1. The van der Waals surface area contributed by atoms with Crippen LogP contribution < -0.4 is 10.5 Å². The van der Waals surface area contributed by atoms with Crippen LogP contribution in [0.25, 0.3) is 11.2 Å². The predicted octanol–water partition coefficient (Wildman–Crippen LogP) is 0.660. The minimum atomic E-state index is -4.08. The smallest absolute Gasteiger partial charge is 0.333 e. The zero-order chi connectivity index (χ0) is 23.3. The number of benzene rings is 1. The monoisotopic (exact) mass is 470 g/mol. The Morgan fingerprint density at radius 2 is 1.94 bits per heavy atom. The van der Waals surface area contributed by atoms with Gasteiger partial charge in [-0.2, -0.15) is 8.42 Å². The summed E-state index contributed by atoms with van der Waals surface area (Å²) in [6.07, 6.45) is 2.64. The molecule has 2 heterocycles. The van der Waals surface area contributed by atoms with Gasteiger partial charge in [-0.05, 0) is 18.6 Å². The van der Waals surface area contributed by atoms with Crippen molar-refractivity contribution < 1.29 is 30.9 Å². The maximum atomic E-state index is 13.3. The third-order valence-electron chi connectivity index (χ3n) is 4.46. The Labute approximate surface area is 181 Å². The summed E-state index contributed by atoms with van der Waals surface area (Å²) < 4.78 is 59.9. The second-order valence-corrected chi connectivity index (χ2v) is 7.92. The van der Waals surface area contributed by atoms with Crippen molar-refractivity contribution in [3.05, 3.63) is 53.7 Å². The van der Waals surface area contributed by atoms with Crippen LogP contribution in [-0.2, 0) is 32.3 Å². The second-order valence-electron chi connectivity index (χ2n) is 6.70. The fourth-order valence-electron chi connectivity index (χ4n) is 2.90. The highest BCUT2D eigenvalue weighted by Crippen LogP contribution is 2.15. The van der Waals surface area contributed by atoms with Crippen LogP contribution >= 0.6 is 0 Å². The van der Waals surface area contributed by atoms with Gasteiger partial charge in [0.1, 0.15) is 23.5 Å². The number of carbonyl (C=O) groups excluding carboxylic acids is 1. The van der Waals surface area contributed by atoms with Gasteiger partial charge in [0.2, 0.25) is 0 Å². The molecule has 1 aromatic carbocycles. The number of ether oxygens (including phenoxy) is 1. The molecule has 0 saturated heterocycles. The van der Waals surface area contributed by atoms with Crippen molar-refractivity contribution in [2.75, 3.05) is 13.7 Å². The van der Waals surface area contributed by atoms with Crippen LogP contribution in [0.2, 0.25) is 0 Å². The van der Waals surface area contributed by atoms with Crippen molar-refractivity contribution in [2.24, 2.45) is 5.14 Å². The van der Waals surface area contributed by atoms with Crippen LogP contribution in [-0.4, -0.2) is 53.7 Å². The molecule has 0 aliphatic rings. The molecule has 2 aromatic heterocycles. The molecule has 0 aliphatic carbocycles. The third kappa shape index (κ3) is 6.23. The average Bonchev–Trinajstić information content (AvgIpc) is 3.14. The lowest BCUT2D eigenvalue weighted by atomic mass is 10.2. The molecule has 0 unspecified atom stereocenters. The number of fused-ring (bicyclic) bond motifs is 1. The first-order valence-electron chi connectivity index (χ1n) is 9.25. The number of nitrogens with zero attached hydrogens (tertiary/aromatic N) is 4. The van der Waals surface area contributed by atoms with Crippen molar-refractivity contribution >= 4 is 27.4 Å². The fraction of sp³-hybridized carbons (Fsp3) is 0.333. The van der Waals surface area contributed by atoms with Crippen LogP contribution in [0.15, 0.2) is 30.9 Å². The van der Waals surface area contributed by atoms with Crippen molar-refractivity contribution in [1.82, 2.24) is 24.8 Å². The molecule has 0 saturated carbocycles. The Bertz CT molecular complexity index is 1200. The number of aryl methyl sites for hydroxylation is 1. The molecule has 0 aliphatic heterocycles. The number of hydrogen-bond donors (Lipinski definition) is 2. The van der Waals surface area contributed by atoms with E-state index in [1.807, 2.05) is 0 Å². The Morgan fingerprint density at radius 1 is 1.22 bits per heavy atom. The quantitative estimate of drug-likeness (QED) is 0.438. The van der Waals surface area contributed by atoms with Crippen LogP contribution in [0.1, 0.15) is 22.5 Å². The zero-order valence-electron chi connectivity index (χ0n) is 16.9. The van der Waals surface area contributed by atoms with E-state index in [4.69, 9.17) is 9.88 Å². The van der Waals surface area contributed by atoms with Crippen LogP contribution in [0.3, 0.4) is 0 Å². The lowest BCUT2D eigenvalue weighted by Gasteiger charge is -2.14. The number of nitrogens with two attached hydrogens (primary N) is 1. The number of halogens is 2. The summed E-state index contributed by atoms with van der Waals surface area (Å²) in [6, 6.07) is 2.52. The molecule has 1 amide bonds. The van der Waals surface area contributed by atoms with E-state index in [2.05, 4.69) is 24.5 Å². The van der Waals surface area contributed by atoms with Gasteiger partial charge < -0.3 is 14.6 Å². The van der Waals surface area contributed by atoms with Crippen molar-refractivity contribution in [3.8, 4) is 0 Å². The summed E-state index contributed by atoms with van der Waals surface area (Å²) in [6.45, 7) is 0.0825. The summed E-state index contributed by atoms with van der Waals surface area (Å²) in [4.78, 5) is 24.8. The number of hydrogen-bond acceptors (Lipinski definition) is 8. The van der Waals surface area contributed by atoms with E-state index in [9.17, 15) is 22.0 Å². The van der Waals surface area contributed by atoms with Crippen molar-refractivity contribution in [3.63, 3.8) is 0 Å². The van der Waals surface area contributed by atoms with Gasteiger partial charge in [0.15, 0.2) is 5.65 Å². The van der Waals surface area contributed by atoms with Crippen LogP contribution in [0.4, 0.5) is 8.78 Å². The number of nitrogens with one attached hydrogen (secondary N) is 1. The molecule has 11 nitrogen and oxygen atoms in total. The Kier molecular flexibility index (Phi) is 7.40. The number of carbonyl (C=O) groups is 1. The first kappa shape index (κ1) is 23.6. The van der Waals surface area contributed by atoms with E-state index < -0.39 is 33.9 Å². The number of aromatic nitrogens is 4. The van der Waals surface area contributed by atoms with Gasteiger partial charge in [-0.15, -0.1) is 0 Å². The van der Waals surface area contributed by atoms with Gasteiger partial charge >= 0.3 is 10.3 Å². The highest BCUT2D eigenvalue weighted by molar-refractivity contribution is 7.84. The molecule has 172 valence electrons. The summed E-state index contributed by atoms with van der Waals surface area (Å²) in [7, 11) is -2.66. The van der Waals surface area contributed by atoms with Crippen LogP contribution in [0.5, 0.6) is 0 Å². The average molecular weight is 470 g/mol. The molecule has 14 heteroatoms. The van der Waals surface area contributed by atoms with Crippen LogP contribution in [0, 0.1) is 11.6 Å². The predicted molar refractivity (Wildman–Crippen MR) is 107 cm³/mol. The molecule has 3 N–H and O–H groups in total. The van der Waals surface area contributed by atoms with Gasteiger partial charge in [0.05, 0.1) is 31.3 Å². The molecule has 32 heavy (non-hydrogen) atoms. The van der Waals surface area contributed by atoms with E-state index in [0.717, 1.165) is 12.1 Å². The lowest BCUT2D eigenvalue weighted by Crippen LogP contribution is -2.25. The topological polar surface area (TPSA) is 151 Å². The zero-order valence-corrected chi connectivity index (χ0v) is 17.7. The molecule has 3 aromatic rings. The largest absolute Gasteiger partial charge is 0.379 e. The van der Waals surface area contributed by atoms with Gasteiger partial charge in [-0.3, -0.25) is 8.98 Å². The maximum Gasteiger partial charge on any atom is 0.333 e. The van der Waals surface area contributed by atoms with Gasteiger partial charge in [-0.25, -0.2) is 28.9 Å². The minimum absolute atomic E-state index is 0.0457. The normalized spacial score (nSPS) is 12.8. The first-order valence-corrected chi connectivity index (χ1v) is 10.7. The van der Waals surface area contributed by atoms with Gasteiger partial charge in [0, 0.05) is 25.3 Å². The highest BCUT2D eigenvalue weighted by Gasteiger charge is 2.16. The molecule has 0 radical (unpaired) electrons. The summed E-state index contributed by atoms with van der Waals surface area (Å²) >= 11 is 0. The van der Waals surface area contributed by atoms with E-state index >= 15 is 0 Å².